The van der Waals surface area contributed by atoms with Crippen molar-refractivity contribution in [1.29, 1.82) is 0 Å². The first-order chi connectivity index (χ1) is 11.1. The average Bonchev–Trinajstić information content (AvgIpc) is 2.57. The van der Waals surface area contributed by atoms with Crippen molar-refractivity contribution in [3.05, 3.63) is 48.3 Å². The van der Waals surface area contributed by atoms with Crippen molar-refractivity contribution in [2.45, 2.75) is 32.7 Å². The van der Waals surface area contributed by atoms with Gasteiger partial charge in [0.05, 0.1) is 0 Å². The van der Waals surface area contributed by atoms with Gasteiger partial charge in [-0.25, -0.2) is 4.39 Å². The Kier molecular flexibility index (Phi) is 6.78. The maximum Gasteiger partial charge on any atom is 0.223 e. The molecule has 23 heavy (non-hydrogen) atoms. The lowest BCUT2D eigenvalue weighted by Crippen LogP contribution is -2.35. The Balaban J connectivity index is 1.97. The topological polar surface area (TPSA) is 32.3 Å². The van der Waals surface area contributed by atoms with Crippen LogP contribution in [0, 0.1) is 17.7 Å². The molecule has 1 amide bonds. The molecule has 0 aliphatic carbocycles. The van der Waals surface area contributed by atoms with Crippen molar-refractivity contribution in [1.82, 2.24) is 10.2 Å². The highest BCUT2D eigenvalue weighted by Crippen LogP contribution is 2.25. The maximum atomic E-state index is 13.8. The fourth-order valence-corrected chi connectivity index (χ4v) is 3.23. The molecule has 0 aromatic heterocycles. The lowest BCUT2D eigenvalue weighted by molar-refractivity contribution is -0.132. The van der Waals surface area contributed by atoms with E-state index in [4.69, 9.17) is 0 Å². The van der Waals surface area contributed by atoms with Gasteiger partial charge in [0.1, 0.15) is 5.82 Å². The molecule has 3 nitrogen and oxygen atoms in total. The molecule has 0 saturated carbocycles. The number of hydrogen-bond acceptors (Lipinski definition) is 2. The van der Waals surface area contributed by atoms with Gasteiger partial charge >= 0.3 is 0 Å². The van der Waals surface area contributed by atoms with Gasteiger partial charge < -0.3 is 10.2 Å². The Labute approximate surface area is 138 Å². The number of amides is 1. The molecule has 1 aromatic rings. The predicted molar refractivity (Wildman–Crippen MR) is 91.4 cm³/mol. The van der Waals surface area contributed by atoms with Gasteiger partial charge in [0.2, 0.25) is 5.91 Å². The Bertz CT molecular complexity index is 526. The molecular weight excluding hydrogens is 291 g/mol. The van der Waals surface area contributed by atoms with Gasteiger partial charge in [-0.2, -0.15) is 0 Å². The number of rotatable bonds is 7. The van der Waals surface area contributed by atoms with E-state index in [9.17, 15) is 9.18 Å². The molecule has 1 heterocycles. The monoisotopic (exact) mass is 318 g/mol. The summed E-state index contributed by atoms with van der Waals surface area (Å²) in [6.45, 7) is 8.70. The number of nitrogens with zero attached hydrogens (tertiary/aromatic N) is 1. The van der Waals surface area contributed by atoms with Crippen LogP contribution in [0.1, 0.15) is 31.7 Å². The first kappa shape index (κ1) is 17.7. The number of carbonyl (C=O) groups excluding carboxylic acids is 1. The molecule has 1 aliphatic heterocycles. The SMILES string of the molecule is C=CCN(Cc1ccccc1F)C(=O)CC(C)C1CCNCC1. The highest BCUT2D eigenvalue weighted by Gasteiger charge is 2.24. The molecule has 1 unspecified atom stereocenters. The largest absolute Gasteiger partial charge is 0.335 e. The lowest BCUT2D eigenvalue weighted by Gasteiger charge is -2.30. The van der Waals surface area contributed by atoms with Crippen LogP contribution in [0.5, 0.6) is 0 Å². The third kappa shape index (κ3) is 5.17. The number of halogens is 1. The summed E-state index contributed by atoms with van der Waals surface area (Å²) in [5.74, 6) is 0.775. The van der Waals surface area contributed by atoms with Gasteiger partial charge in [-0.15, -0.1) is 6.58 Å². The van der Waals surface area contributed by atoms with Gasteiger partial charge in [0.25, 0.3) is 0 Å². The highest BCUT2D eigenvalue weighted by atomic mass is 19.1. The molecule has 1 aromatic carbocycles. The van der Waals surface area contributed by atoms with E-state index in [-0.39, 0.29) is 11.7 Å². The first-order valence-electron chi connectivity index (χ1n) is 8.44. The molecule has 0 radical (unpaired) electrons. The molecule has 2 rings (SSSR count). The molecule has 0 spiro atoms. The molecule has 1 saturated heterocycles. The van der Waals surface area contributed by atoms with E-state index in [2.05, 4.69) is 18.8 Å². The summed E-state index contributed by atoms with van der Waals surface area (Å²) in [6.07, 6.45) is 4.48. The van der Waals surface area contributed by atoms with Crippen LogP contribution in [-0.2, 0) is 11.3 Å². The standard InChI is InChI=1S/C19H27FN2O/c1-3-12-22(14-17-6-4-5-7-18(17)20)19(23)13-15(2)16-8-10-21-11-9-16/h3-7,15-16,21H,1,8-14H2,2H3. The van der Waals surface area contributed by atoms with Crippen LogP contribution in [0.3, 0.4) is 0 Å². The first-order valence-corrected chi connectivity index (χ1v) is 8.44. The second kappa shape index (κ2) is 8.82. The number of carbonyl (C=O) groups is 1. The summed E-state index contributed by atoms with van der Waals surface area (Å²) in [5, 5.41) is 3.35. The Morgan fingerprint density at radius 1 is 1.43 bits per heavy atom. The second-order valence-corrected chi connectivity index (χ2v) is 6.42. The van der Waals surface area contributed by atoms with Crippen LogP contribution in [0.15, 0.2) is 36.9 Å². The lowest BCUT2D eigenvalue weighted by atomic mass is 9.84. The van der Waals surface area contributed by atoms with Gasteiger partial charge in [0, 0.05) is 25.1 Å². The van der Waals surface area contributed by atoms with E-state index in [1.807, 2.05) is 0 Å². The van der Waals surface area contributed by atoms with Crippen LogP contribution in [0.25, 0.3) is 0 Å². The molecule has 1 aliphatic rings. The molecular formula is C19H27FN2O. The van der Waals surface area contributed by atoms with Gasteiger partial charge in [-0.3, -0.25) is 4.79 Å². The summed E-state index contributed by atoms with van der Waals surface area (Å²) in [7, 11) is 0. The van der Waals surface area contributed by atoms with E-state index in [1.54, 1.807) is 29.2 Å². The molecule has 1 atom stereocenters. The van der Waals surface area contributed by atoms with E-state index >= 15 is 0 Å². The van der Waals surface area contributed by atoms with Crippen LogP contribution < -0.4 is 5.32 Å². The molecule has 0 bridgehead atoms. The fraction of sp³-hybridized carbons (Fsp3) is 0.526. The Morgan fingerprint density at radius 2 is 2.13 bits per heavy atom. The van der Waals surface area contributed by atoms with Crippen molar-refractivity contribution in [3.63, 3.8) is 0 Å². The third-order valence-corrected chi connectivity index (χ3v) is 4.71. The average molecular weight is 318 g/mol. The van der Waals surface area contributed by atoms with Gasteiger partial charge in [-0.05, 0) is 43.8 Å². The Hall–Kier alpha value is -1.68. The number of piperidine rings is 1. The fourth-order valence-electron chi connectivity index (χ4n) is 3.23. The quantitative estimate of drug-likeness (QED) is 0.782. The number of nitrogens with one attached hydrogen (secondary N) is 1. The second-order valence-electron chi connectivity index (χ2n) is 6.42. The molecule has 4 heteroatoms. The van der Waals surface area contributed by atoms with Crippen LogP contribution in [-0.4, -0.2) is 30.4 Å². The van der Waals surface area contributed by atoms with E-state index in [0.29, 0.717) is 36.9 Å². The Morgan fingerprint density at radius 3 is 2.78 bits per heavy atom. The molecule has 1 N–H and O–H groups in total. The molecule has 1 fully saturated rings. The van der Waals surface area contributed by atoms with Crippen molar-refractivity contribution in [2.24, 2.45) is 11.8 Å². The van der Waals surface area contributed by atoms with Crippen LogP contribution in [0.4, 0.5) is 4.39 Å². The minimum absolute atomic E-state index is 0.0826. The minimum atomic E-state index is -0.263. The highest BCUT2D eigenvalue weighted by molar-refractivity contribution is 5.76. The van der Waals surface area contributed by atoms with E-state index in [1.165, 1.54) is 6.07 Å². The van der Waals surface area contributed by atoms with Crippen molar-refractivity contribution < 1.29 is 9.18 Å². The predicted octanol–water partition coefficient (Wildman–Crippen LogP) is 3.37. The zero-order valence-electron chi connectivity index (χ0n) is 13.9. The van der Waals surface area contributed by atoms with Gasteiger partial charge in [0.15, 0.2) is 0 Å². The van der Waals surface area contributed by atoms with Crippen molar-refractivity contribution >= 4 is 5.91 Å². The zero-order chi connectivity index (χ0) is 16.7. The maximum absolute atomic E-state index is 13.8. The smallest absolute Gasteiger partial charge is 0.223 e. The van der Waals surface area contributed by atoms with Crippen molar-refractivity contribution in [2.75, 3.05) is 19.6 Å². The summed E-state index contributed by atoms with van der Waals surface area (Å²) in [4.78, 5) is 14.3. The number of hydrogen-bond donors (Lipinski definition) is 1. The summed E-state index contributed by atoms with van der Waals surface area (Å²) < 4.78 is 13.8. The van der Waals surface area contributed by atoms with E-state index in [0.717, 1.165) is 25.9 Å². The minimum Gasteiger partial charge on any atom is -0.335 e. The van der Waals surface area contributed by atoms with Gasteiger partial charge in [-0.1, -0.05) is 31.2 Å². The summed E-state index contributed by atoms with van der Waals surface area (Å²) in [5.41, 5.74) is 0.553. The van der Waals surface area contributed by atoms with E-state index < -0.39 is 0 Å². The van der Waals surface area contributed by atoms with Crippen LogP contribution >= 0.6 is 0 Å². The van der Waals surface area contributed by atoms with Crippen LogP contribution in [0.2, 0.25) is 0 Å². The zero-order valence-corrected chi connectivity index (χ0v) is 13.9. The summed E-state index contributed by atoms with van der Waals surface area (Å²) >= 11 is 0. The number of benzene rings is 1. The third-order valence-electron chi connectivity index (χ3n) is 4.71. The summed E-state index contributed by atoms with van der Waals surface area (Å²) in [6, 6.07) is 6.63. The normalized spacial score (nSPS) is 16.8. The molecule has 126 valence electrons. The van der Waals surface area contributed by atoms with Crippen molar-refractivity contribution in [3.8, 4) is 0 Å².